The fourth-order valence-electron chi connectivity index (χ4n) is 4.11. The second-order valence-corrected chi connectivity index (χ2v) is 8.76. The lowest BCUT2D eigenvalue weighted by Gasteiger charge is -2.37. The monoisotopic (exact) mass is 392 g/mol. The van der Waals surface area contributed by atoms with Crippen molar-refractivity contribution in [2.45, 2.75) is 48.8 Å². The Morgan fingerprint density at radius 1 is 1.19 bits per heavy atom. The Kier molecular flexibility index (Phi) is 4.77. The van der Waals surface area contributed by atoms with E-state index in [1.54, 1.807) is 16.7 Å². The number of methoxy groups -OCH3 is 1. The van der Waals surface area contributed by atoms with Crippen LogP contribution in [0.3, 0.4) is 0 Å². The summed E-state index contributed by atoms with van der Waals surface area (Å²) in [6.07, 6.45) is 6.09. The van der Waals surface area contributed by atoms with Gasteiger partial charge in [0.2, 0.25) is 10.0 Å². The Morgan fingerprint density at radius 2 is 1.93 bits per heavy atom. The predicted octanol–water partition coefficient (Wildman–Crippen LogP) is 2.99. The highest BCUT2D eigenvalue weighted by Crippen LogP contribution is 2.41. The standard InChI is InChI=1S/C19H21FN2O4S/c1-25-19-7-6-17(11-18(19)20)27(23,24)22-13-4-5-14(22)10-16(9-13)26-15-3-2-8-21-12-15/h2-3,6-8,11-14,16H,4-5,9-10H2,1H3. The molecule has 2 aromatic rings. The summed E-state index contributed by atoms with van der Waals surface area (Å²) in [4.78, 5) is 4.01. The molecule has 0 amide bonds. The Morgan fingerprint density at radius 3 is 2.52 bits per heavy atom. The number of nitrogens with zero attached hydrogens (tertiary/aromatic N) is 2. The summed E-state index contributed by atoms with van der Waals surface area (Å²) in [6.45, 7) is 0. The number of piperidine rings is 1. The molecule has 1 aromatic carbocycles. The first-order valence-electron chi connectivity index (χ1n) is 8.93. The molecule has 0 spiro atoms. The summed E-state index contributed by atoms with van der Waals surface area (Å²) in [6, 6.07) is 7.16. The summed E-state index contributed by atoms with van der Waals surface area (Å²) in [5.74, 6) is 0.0386. The molecule has 2 saturated heterocycles. The number of pyridine rings is 1. The number of hydrogen-bond donors (Lipinski definition) is 0. The Hall–Kier alpha value is -2.19. The van der Waals surface area contributed by atoms with Gasteiger partial charge >= 0.3 is 0 Å². The van der Waals surface area contributed by atoms with E-state index in [0.717, 1.165) is 18.9 Å². The maximum Gasteiger partial charge on any atom is 0.243 e. The number of sulfonamides is 1. The molecule has 1 aromatic heterocycles. The number of ether oxygens (including phenoxy) is 2. The van der Waals surface area contributed by atoms with Crippen molar-refractivity contribution in [1.29, 1.82) is 0 Å². The van der Waals surface area contributed by atoms with Gasteiger partial charge in [-0.25, -0.2) is 12.8 Å². The second kappa shape index (κ2) is 7.09. The highest BCUT2D eigenvalue weighted by Gasteiger charge is 2.48. The minimum Gasteiger partial charge on any atom is -0.494 e. The van der Waals surface area contributed by atoms with Crippen molar-refractivity contribution in [1.82, 2.24) is 9.29 Å². The highest BCUT2D eigenvalue weighted by atomic mass is 32.2. The van der Waals surface area contributed by atoms with Crippen LogP contribution in [0.15, 0.2) is 47.6 Å². The van der Waals surface area contributed by atoms with E-state index in [0.29, 0.717) is 18.6 Å². The summed E-state index contributed by atoms with van der Waals surface area (Å²) >= 11 is 0. The molecule has 4 rings (SSSR count). The minimum absolute atomic E-state index is 0.0282. The molecule has 3 heterocycles. The van der Waals surface area contributed by atoms with Crippen LogP contribution in [0.2, 0.25) is 0 Å². The first kappa shape index (κ1) is 18.2. The van der Waals surface area contributed by atoms with Gasteiger partial charge in [-0.1, -0.05) is 0 Å². The molecule has 144 valence electrons. The third-order valence-corrected chi connectivity index (χ3v) is 7.26. The summed E-state index contributed by atoms with van der Waals surface area (Å²) in [5, 5.41) is 0. The second-order valence-electron chi connectivity index (χ2n) is 6.92. The van der Waals surface area contributed by atoms with Gasteiger partial charge in [0, 0.05) is 31.1 Å². The average molecular weight is 392 g/mol. The first-order chi connectivity index (χ1) is 13.0. The van der Waals surface area contributed by atoms with Crippen molar-refractivity contribution < 1.29 is 22.3 Å². The summed E-state index contributed by atoms with van der Waals surface area (Å²) in [5.41, 5.74) is 0. The van der Waals surface area contributed by atoms with Gasteiger partial charge < -0.3 is 9.47 Å². The van der Waals surface area contributed by atoms with Crippen LogP contribution in [-0.2, 0) is 10.0 Å². The fourth-order valence-corrected chi connectivity index (χ4v) is 6.02. The highest BCUT2D eigenvalue weighted by molar-refractivity contribution is 7.89. The zero-order chi connectivity index (χ0) is 19.0. The van der Waals surface area contributed by atoms with Gasteiger partial charge in [-0.15, -0.1) is 0 Å². The molecule has 2 fully saturated rings. The number of halogens is 1. The van der Waals surface area contributed by atoms with Crippen LogP contribution in [-0.4, -0.2) is 43.0 Å². The van der Waals surface area contributed by atoms with Crippen LogP contribution >= 0.6 is 0 Å². The number of aromatic nitrogens is 1. The SMILES string of the molecule is COc1ccc(S(=O)(=O)N2C3CCC2CC(Oc2cccnc2)C3)cc1F. The van der Waals surface area contributed by atoms with E-state index in [1.807, 2.05) is 12.1 Å². The minimum atomic E-state index is -3.77. The molecule has 0 saturated carbocycles. The molecule has 27 heavy (non-hydrogen) atoms. The molecule has 0 N–H and O–H groups in total. The molecule has 8 heteroatoms. The topological polar surface area (TPSA) is 68.7 Å². The van der Waals surface area contributed by atoms with E-state index < -0.39 is 15.8 Å². The molecule has 0 radical (unpaired) electrons. The molecular weight excluding hydrogens is 371 g/mol. The molecule has 2 aliphatic heterocycles. The summed E-state index contributed by atoms with van der Waals surface area (Å²) in [7, 11) is -2.42. The van der Waals surface area contributed by atoms with Gasteiger partial charge in [-0.3, -0.25) is 4.98 Å². The molecular formula is C19H21FN2O4S. The first-order valence-corrected chi connectivity index (χ1v) is 10.4. The number of hydrogen-bond acceptors (Lipinski definition) is 5. The zero-order valence-electron chi connectivity index (χ0n) is 14.9. The van der Waals surface area contributed by atoms with Crippen molar-refractivity contribution in [3.63, 3.8) is 0 Å². The van der Waals surface area contributed by atoms with E-state index in [-0.39, 0.29) is 28.8 Å². The van der Waals surface area contributed by atoms with Gasteiger partial charge in [-0.2, -0.15) is 4.31 Å². The van der Waals surface area contributed by atoms with Crippen LogP contribution in [0.5, 0.6) is 11.5 Å². The van der Waals surface area contributed by atoms with Crippen molar-refractivity contribution in [2.75, 3.05) is 7.11 Å². The van der Waals surface area contributed by atoms with Crippen LogP contribution in [0.25, 0.3) is 0 Å². The van der Waals surface area contributed by atoms with Gasteiger partial charge in [-0.05, 0) is 43.2 Å². The number of benzene rings is 1. The van der Waals surface area contributed by atoms with Gasteiger partial charge in [0.1, 0.15) is 11.9 Å². The van der Waals surface area contributed by atoms with Crippen molar-refractivity contribution >= 4 is 10.0 Å². The largest absolute Gasteiger partial charge is 0.494 e. The lowest BCUT2D eigenvalue weighted by atomic mass is 10.0. The Balaban J connectivity index is 1.54. The van der Waals surface area contributed by atoms with Gasteiger partial charge in [0.05, 0.1) is 18.2 Å². The van der Waals surface area contributed by atoms with E-state index in [2.05, 4.69) is 4.98 Å². The fraction of sp³-hybridized carbons (Fsp3) is 0.421. The third kappa shape index (κ3) is 3.39. The number of rotatable bonds is 5. The van der Waals surface area contributed by atoms with Crippen LogP contribution in [0.1, 0.15) is 25.7 Å². The van der Waals surface area contributed by atoms with Crippen molar-refractivity contribution in [2.24, 2.45) is 0 Å². The normalized spacial score (nSPS) is 25.3. The summed E-state index contributed by atoms with van der Waals surface area (Å²) < 4.78 is 52.7. The maximum atomic E-state index is 14.0. The smallest absolute Gasteiger partial charge is 0.243 e. The molecule has 2 unspecified atom stereocenters. The average Bonchev–Trinajstić information content (AvgIpc) is 2.95. The zero-order valence-corrected chi connectivity index (χ0v) is 15.7. The van der Waals surface area contributed by atoms with Gasteiger partial charge in [0.15, 0.2) is 11.6 Å². The van der Waals surface area contributed by atoms with Crippen LogP contribution in [0.4, 0.5) is 4.39 Å². The molecule has 2 bridgehead atoms. The van der Waals surface area contributed by atoms with Crippen LogP contribution < -0.4 is 9.47 Å². The predicted molar refractivity (Wildman–Crippen MR) is 96.7 cm³/mol. The third-order valence-electron chi connectivity index (χ3n) is 5.26. The Labute approximate surface area is 158 Å². The molecule has 2 aliphatic rings. The van der Waals surface area contributed by atoms with Crippen LogP contribution in [0, 0.1) is 5.82 Å². The van der Waals surface area contributed by atoms with Crippen molar-refractivity contribution in [3.05, 3.63) is 48.5 Å². The Bertz CT molecular complexity index is 909. The molecule has 0 aliphatic carbocycles. The van der Waals surface area contributed by atoms with Crippen molar-refractivity contribution in [3.8, 4) is 11.5 Å². The molecule has 6 nitrogen and oxygen atoms in total. The van der Waals surface area contributed by atoms with Gasteiger partial charge in [0.25, 0.3) is 0 Å². The number of fused-ring (bicyclic) bond motifs is 2. The maximum absolute atomic E-state index is 14.0. The van der Waals surface area contributed by atoms with E-state index in [9.17, 15) is 12.8 Å². The van der Waals surface area contributed by atoms with E-state index in [4.69, 9.17) is 9.47 Å². The lowest BCUT2D eigenvalue weighted by molar-refractivity contribution is 0.0953. The van der Waals surface area contributed by atoms with E-state index >= 15 is 0 Å². The quantitative estimate of drug-likeness (QED) is 0.783. The lowest BCUT2D eigenvalue weighted by Crippen LogP contribution is -2.49. The molecule has 2 atom stereocenters. The van der Waals surface area contributed by atoms with E-state index in [1.165, 1.54) is 19.2 Å².